The number of hydrogen-bond acceptors (Lipinski definition) is 5. The van der Waals surface area contributed by atoms with Crippen LogP contribution in [-0.2, 0) is 0 Å². The Bertz CT molecular complexity index is 713. The van der Waals surface area contributed by atoms with Crippen LogP contribution in [0.4, 0.5) is 5.69 Å². The van der Waals surface area contributed by atoms with Gasteiger partial charge in [0.2, 0.25) is 0 Å². The summed E-state index contributed by atoms with van der Waals surface area (Å²) in [7, 11) is 1.59. The third-order valence-corrected chi connectivity index (χ3v) is 3.00. The van der Waals surface area contributed by atoms with Crippen LogP contribution in [0.15, 0.2) is 47.6 Å². The summed E-state index contributed by atoms with van der Waals surface area (Å²) in [5.74, 6) is 0.326. The van der Waals surface area contributed by atoms with Crippen LogP contribution in [0.25, 0.3) is 0 Å². The van der Waals surface area contributed by atoms with Crippen molar-refractivity contribution in [1.29, 1.82) is 0 Å². The summed E-state index contributed by atoms with van der Waals surface area (Å²) in [6.45, 7) is 2.44. The average molecular weight is 314 g/mol. The maximum absolute atomic E-state index is 10.9. The van der Waals surface area contributed by atoms with Gasteiger partial charge in [0.05, 0.1) is 31.2 Å². The Labute approximate surface area is 134 Å². The van der Waals surface area contributed by atoms with Gasteiger partial charge in [0, 0.05) is 0 Å². The molecule has 2 N–H and O–H groups in total. The Morgan fingerprint density at radius 3 is 2.78 bits per heavy atom. The first-order valence-electron chi connectivity index (χ1n) is 7.07. The Kier molecular flexibility index (Phi) is 5.57. The largest absolute Gasteiger partial charge is 0.493 e. The molecule has 23 heavy (non-hydrogen) atoms. The van der Waals surface area contributed by atoms with E-state index in [0.29, 0.717) is 23.8 Å². The summed E-state index contributed by atoms with van der Waals surface area (Å²) in [6.07, 6.45) is 1.62. The fraction of sp³-hybridized carbons (Fsp3) is 0.176. The molecule has 0 aromatic heterocycles. The summed E-state index contributed by atoms with van der Waals surface area (Å²) < 4.78 is 10.7. The minimum absolute atomic E-state index is 0.202. The van der Waals surface area contributed by atoms with Gasteiger partial charge in [0.1, 0.15) is 0 Å². The molecule has 0 aliphatic rings. The second-order valence-corrected chi connectivity index (χ2v) is 4.60. The maximum Gasteiger partial charge on any atom is 0.335 e. The molecule has 2 aromatic rings. The zero-order valence-corrected chi connectivity index (χ0v) is 12.9. The van der Waals surface area contributed by atoms with Crippen LogP contribution in [0.1, 0.15) is 22.8 Å². The highest BCUT2D eigenvalue weighted by molar-refractivity contribution is 5.89. The van der Waals surface area contributed by atoms with Crippen LogP contribution >= 0.6 is 0 Å². The van der Waals surface area contributed by atoms with E-state index in [0.717, 1.165) is 5.56 Å². The fourth-order valence-corrected chi connectivity index (χ4v) is 1.95. The van der Waals surface area contributed by atoms with E-state index in [9.17, 15) is 4.79 Å². The Morgan fingerprint density at radius 1 is 1.26 bits per heavy atom. The van der Waals surface area contributed by atoms with Crippen molar-refractivity contribution < 1.29 is 19.4 Å². The Hall–Kier alpha value is -3.02. The molecular weight excluding hydrogens is 296 g/mol. The van der Waals surface area contributed by atoms with E-state index < -0.39 is 5.97 Å². The molecular formula is C17H18N2O4. The van der Waals surface area contributed by atoms with E-state index >= 15 is 0 Å². The summed E-state index contributed by atoms with van der Waals surface area (Å²) >= 11 is 0. The van der Waals surface area contributed by atoms with Gasteiger partial charge in [-0.2, -0.15) is 5.10 Å². The van der Waals surface area contributed by atoms with Gasteiger partial charge in [-0.05, 0) is 48.9 Å². The molecule has 0 aliphatic heterocycles. The van der Waals surface area contributed by atoms with Crippen molar-refractivity contribution in [3.63, 3.8) is 0 Å². The third-order valence-electron chi connectivity index (χ3n) is 3.00. The quantitative estimate of drug-likeness (QED) is 0.606. The summed E-state index contributed by atoms with van der Waals surface area (Å²) in [5, 5.41) is 13.1. The van der Waals surface area contributed by atoms with Gasteiger partial charge in [-0.25, -0.2) is 4.79 Å². The molecule has 0 saturated heterocycles. The number of carboxylic acid groups (broad SMARTS) is 1. The highest BCUT2D eigenvalue weighted by atomic mass is 16.5. The number of carboxylic acids is 1. The number of hydrogen-bond donors (Lipinski definition) is 2. The van der Waals surface area contributed by atoms with Crippen molar-refractivity contribution in [2.24, 2.45) is 5.10 Å². The molecule has 6 heteroatoms. The molecule has 0 unspecified atom stereocenters. The van der Waals surface area contributed by atoms with E-state index in [1.165, 1.54) is 12.1 Å². The second kappa shape index (κ2) is 7.84. The van der Waals surface area contributed by atoms with Gasteiger partial charge < -0.3 is 14.6 Å². The second-order valence-electron chi connectivity index (χ2n) is 4.60. The van der Waals surface area contributed by atoms with Gasteiger partial charge in [0.25, 0.3) is 0 Å². The SMILES string of the molecule is CCOc1cc(C=NNc2cccc(C(=O)O)c2)ccc1OC. The van der Waals surface area contributed by atoms with Crippen molar-refractivity contribution in [2.45, 2.75) is 6.92 Å². The lowest BCUT2D eigenvalue weighted by Gasteiger charge is -2.09. The number of hydrazone groups is 1. The zero-order chi connectivity index (χ0) is 16.7. The van der Waals surface area contributed by atoms with Gasteiger partial charge in [-0.1, -0.05) is 6.07 Å². The number of nitrogens with zero attached hydrogens (tertiary/aromatic N) is 1. The number of methoxy groups -OCH3 is 1. The lowest BCUT2D eigenvalue weighted by Crippen LogP contribution is -1.98. The molecule has 0 heterocycles. The van der Waals surface area contributed by atoms with Crippen LogP contribution in [-0.4, -0.2) is 31.0 Å². The number of carbonyl (C=O) groups is 1. The van der Waals surface area contributed by atoms with Gasteiger partial charge in [-0.15, -0.1) is 0 Å². The van der Waals surface area contributed by atoms with Crippen molar-refractivity contribution in [3.05, 3.63) is 53.6 Å². The molecule has 0 radical (unpaired) electrons. The highest BCUT2D eigenvalue weighted by Crippen LogP contribution is 2.27. The average Bonchev–Trinajstić information content (AvgIpc) is 2.56. The molecule has 6 nitrogen and oxygen atoms in total. The van der Waals surface area contributed by atoms with Crippen molar-refractivity contribution in [3.8, 4) is 11.5 Å². The monoisotopic (exact) mass is 314 g/mol. The van der Waals surface area contributed by atoms with Gasteiger partial charge in [0.15, 0.2) is 11.5 Å². The lowest BCUT2D eigenvalue weighted by molar-refractivity contribution is 0.0697. The van der Waals surface area contributed by atoms with E-state index in [1.807, 2.05) is 19.1 Å². The first-order chi connectivity index (χ1) is 11.1. The first-order valence-corrected chi connectivity index (χ1v) is 7.07. The number of ether oxygens (including phenoxy) is 2. The number of nitrogens with one attached hydrogen (secondary N) is 1. The molecule has 0 amide bonds. The highest BCUT2D eigenvalue weighted by Gasteiger charge is 2.04. The van der Waals surface area contributed by atoms with E-state index in [2.05, 4.69) is 10.5 Å². The predicted molar refractivity (Wildman–Crippen MR) is 88.8 cm³/mol. The third kappa shape index (κ3) is 4.47. The van der Waals surface area contributed by atoms with Gasteiger partial charge >= 0.3 is 5.97 Å². The van der Waals surface area contributed by atoms with Crippen LogP contribution in [0.3, 0.4) is 0 Å². The normalized spacial score (nSPS) is 10.5. The molecule has 0 bridgehead atoms. The van der Waals surface area contributed by atoms with E-state index in [1.54, 1.807) is 31.5 Å². The number of aromatic carboxylic acids is 1. The topological polar surface area (TPSA) is 80.2 Å². The molecule has 2 aromatic carbocycles. The Balaban J connectivity index is 2.09. The minimum Gasteiger partial charge on any atom is -0.493 e. The number of benzene rings is 2. The standard InChI is InChI=1S/C17H18N2O4/c1-3-23-16-9-12(7-8-15(16)22-2)11-18-19-14-6-4-5-13(10-14)17(20)21/h4-11,19H,3H2,1-2H3,(H,20,21). The molecule has 0 atom stereocenters. The smallest absolute Gasteiger partial charge is 0.335 e. The van der Waals surface area contributed by atoms with Crippen LogP contribution in [0, 0.1) is 0 Å². The first kappa shape index (κ1) is 16.4. The molecule has 0 spiro atoms. The number of anilines is 1. The summed E-state index contributed by atoms with van der Waals surface area (Å²) in [4.78, 5) is 10.9. The zero-order valence-electron chi connectivity index (χ0n) is 12.9. The molecule has 0 saturated carbocycles. The maximum atomic E-state index is 10.9. The van der Waals surface area contributed by atoms with E-state index in [-0.39, 0.29) is 5.56 Å². The Morgan fingerprint density at radius 2 is 2.09 bits per heavy atom. The van der Waals surface area contributed by atoms with Crippen molar-refractivity contribution >= 4 is 17.9 Å². The van der Waals surface area contributed by atoms with Crippen LogP contribution < -0.4 is 14.9 Å². The number of rotatable bonds is 7. The van der Waals surface area contributed by atoms with Crippen molar-refractivity contribution in [1.82, 2.24) is 0 Å². The van der Waals surface area contributed by atoms with Crippen LogP contribution in [0.2, 0.25) is 0 Å². The van der Waals surface area contributed by atoms with Gasteiger partial charge in [-0.3, -0.25) is 5.43 Å². The van der Waals surface area contributed by atoms with Crippen molar-refractivity contribution in [2.75, 3.05) is 19.1 Å². The lowest BCUT2D eigenvalue weighted by atomic mass is 10.2. The predicted octanol–water partition coefficient (Wildman–Crippen LogP) is 3.24. The molecule has 120 valence electrons. The van der Waals surface area contributed by atoms with E-state index in [4.69, 9.17) is 14.6 Å². The molecule has 2 rings (SSSR count). The minimum atomic E-state index is -0.978. The molecule has 0 fully saturated rings. The molecule has 0 aliphatic carbocycles. The fourth-order valence-electron chi connectivity index (χ4n) is 1.95. The van der Waals surface area contributed by atoms with Crippen LogP contribution in [0.5, 0.6) is 11.5 Å². The summed E-state index contributed by atoms with van der Waals surface area (Å²) in [6, 6.07) is 11.9. The summed E-state index contributed by atoms with van der Waals surface area (Å²) in [5.41, 5.74) is 4.43.